The lowest BCUT2D eigenvalue weighted by Gasteiger charge is -2.19. The molecule has 4 rings (SSSR count). The minimum atomic E-state index is -1.37. The van der Waals surface area contributed by atoms with E-state index in [1.807, 2.05) is 13.0 Å². The van der Waals surface area contributed by atoms with E-state index in [4.69, 9.17) is 24.5 Å². The van der Waals surface area contributed by atoms with E-state index in [0.29, 0.717) is 5.69 Å². The first-order valence-corrected chi connectivity index (χ1v) is 13.0. The molecule has 6 N–H and O–H groups in total. The van der Waals surface area contributed by atoms with E-state index in [1.165, 1.54) is 40.7 Å². The summed E-state index contributed by atoms with van der Waals surface area (Å²) in [5, 5.41) is 29.6. The van der Waals surface area contributed by atoms with Crippen LogP contribution in [0.2, 0.25) is 0 Å². The molecule has 12 nitrogen and oxygen atoms in total. The smallest absolute Gasteiger partial charge is 0.333 e. The van der Waals surface area contributed by atoms with Crippen molar-refractivity contribution in [2.45, 2.75) is 57.3 Å². The first-order valence-electron chi connectivity index (χ1n) is 11.4. The van der Waals surface area contributed by atoms with Crippen molar-refractivity contribution >= 4 is 34.0 Å². The second-order valence-corrected chi connectivity index (χ2v) is 8.12. The molecule has 0 aromatic carbocycles. The molecule has 3 heterocycles. The van der Waals surface area contributed by atoms with Gasteiger partial charge < -0.3 is 34.7 Å². The normalized spacial score (nSPS) is 21.7. The Morgan fingerprint density at radius 2 is 1.76 bits per heavy atom. The van der Waals surface area contributed by atoms with Crippen molar-refractivity contribution in [2.24, 2.45) is 0 Å². The Bertz CT molecular complexity index is 1190. The molecule has 0 radical (unpaired) electrons. The Morgan fingerprint density at radius 1 is 1.08 bits per heavy atom. The number of pyridine rings is 1. The lowest BCUT2D eigenvalue weighted by Crippen LogP contribution is -2.43. The van der Waals surface area contributed by atoms with Gasteiger partial charge in [-0.2, -0.15) is 0 Å². The molecule has 0 saturated carbocycles. The Hall–Kier alpha value is -1.68. The molecule has 1 fully saturated rings. The maximum Gasteiger partial charge on any atom is 0.333 e. The van der Waals surface area contributed by atoms with Crippen molar-refractivity contribution in [3.8, 4) is 0 Å². The first-order chi connectivity index (χ1) is 18.4. The average molecular weight is 591 g/mol. The van der Waals surface area contributed by atoms with Crippen LogP contribution in [0.1, 0.15) is 42.3 Å². The van der Waals surface area contributed by atoms with Gasteiger partial charge >= 0.3 is 5.69 Å². The van der Waals surface area contributed by atoms with Gasteiger partial charge in [0.25, 0.3) is 5.56 Å². The number of aliphatic hydroxyl groups excluding tert-OH is 3. The van der Waals surface area contributed by atoms with Gasteiger partial charge in [0.05, 0.1) is 18.3 Å². The topological polar surface area (TPSA) is 187 Å². The summed E-state index contributed by atoms with van der Waals surface area (Å²) in [5.74, 6) is 0. The number of aliphatic hydroxyl groups is 3. The van der Waals surface area contributed by atoms with Crippen LogP contribution in [0.3, 0.4) is 0 Å². The summed E-state index contributed by atoms with van der Waals surface area (Å²) in [6, 6.07) is 3.09. The van der Waals surface area contributed by atoms with Crippen LogP contribution in [-0.2, 0) is 11.3 Å². The summed E-state index contributed by atoms with van der Waals surface area (Å²) in [6.07, 6.45) is 6.76. The van der Waals surface area contributed by atoms with E-state index in [2.05, 4.69) is 23.2 Å². The van der Waals surface area contributed by atoms with Crippen molar-refractivity contribution in [3.05, 3.63) is 80.4 Å². The number of nitrogens with zero attached hydrogens (tertiary/aromatic N) is 3. The lowest BCUT2D eigenvalue weighted by molar-refractivity contribution is -0.0458. The molecule has 1 saturated heterocycles. The molecule has 2 aromatic rings. The zero-order chi connectivity index (χ0) is 28.8. The predicted molar refractivity (Wildman–Crippen MR) is 153 cm³/mol. The van der Waals surface area contributed by atoms with E-state index in [9.17, 15) is 19.8 Å². The lowest BCUT2D eigenvalue weighted by atomic mass is 9.96. The van der Waals surface area contributed by atoms with Crippen LogP contribution in [-0.4, -0.2) is 69.0 Å². The van der Waals surface area contributed by atoms with E-state index < -0.39 is 35.8 Å². The Kier molecular flexibility index (Phi) is 16.1. The summed E-state index contributed by atoms with van der Waals surface area (Å²) >= 11 is 0. The third-order valence-corrected chi connectivity index (χ3v) is 5.91. The highest BCUT2D eigenvalue weighted by molar-refractivity contribution is 7.08. The largest absolute Gasteiger partial charge is 0.396 e. The van der Waals surface area contributed by atoms with Gasteiger partial charge in [-0.3, -0.25) is 18.9 Å². The van der Waals surface area contributed by atoms with Gasteiger partial charge in [0, 0.05) is 25.1 Å². The Labute approximate surface area is 227 Å². The van der Waals surface area contributed by atoms with Gasteiger partial charge in [0.2, 0.25) is 0 Å². The molecule has 0 amide bonds. The van der Waals surface area contributed by atoms with Gasteiger partial charge in [-0.1, -0.05) is 18.2 Å². The Balaban J connectivity index is 0.00000112. The number of aryl methyl sites for hydroxylation is 1. The van der Waals surface area contributed by atoms with Crippen molar-refractivity contribution in [3.63, 3.8) is 0 Å². The SMILES string of the molecule is Cc1cnc(Cn2c(=O)ccn(C3OC(CCO)C(O)C3O)c2=O)cc1C1=CCCC=C1.OP.OP.OP. The van der Waals surface area contributed by atoms with Gasteiger partial charge in [-0.15, -0.1) is 0 Å². The van der Waals surface area contributed by atoms with Crippen LogP contribution < -0.4 is 11.2 Å². The van der Waals surface area contributed by atoms with E-state index >= 15 is 0 Å². The number of rotatable bonds is 6. The standard InChI is InChI=1S/C23H27N3O6.3H3OP/c1-14-12-24-16(11-17(14)15-5-3-2-4-6-15)13-26-19(28)7-9-25(23(26)31)22-21(30)20(29)18(32-22)8-10-27;3*1-2/h3,5-7,9,11-12,18,20-22,27,29-30H,2,4,8,10,13H2,1H3;3*1H,2H2. The van der Waals surface area contributed by atoms with Crippen molar-refractivity contribution < 1.29 is 34.7 Å². The number of hydrogen-bond donors (Lipinski definition) is 6. The van der Waals surface area contributed by atoms with E-state index in [1.54, 1.807) is 6.20 Å². The molecule has 7 atom stereocenters. The molecule has 38 heavy (non-hydrogen) atoms. The van der Waals surface area contributed by atoms with Gasteiger partial charge in [0.1, 0.15) is 12.2 Å². The number of aromatic nitrogens is 3. The maximum atomic E-state index is 13.1. The molecule has 1 aliphatic carbocycles. The quantitative estimate of drug-likeness (QED) is 0.246. The fraction of sp³-hybridized carbons (Fsp3) is 0.435. The van der Waals surface area contributed by atoms with Gasteiger partial charge in [0.15, 0.2) is 6.23 Å². The summed E-state index contributed by atoms with van der Waals surface area (Å²) in [6.45, 7) is 1.68. The molecular formula is C23H36N3O9P3. The molecule has 1 aliphatic heterocycles. The van der Waals surface area contributed by atoms with E-state index in [0.717, 1.165) is 38.7 Å². The summed E-state index contributed by atoms with van der Waals surface area (Å²) in [5.41, 5.74) is 2.44. The monoisotopic (exact) mass is 591 g/mol. The average Bonchev–Trinajstić information content (AvgIpc) is 3.24. The predicted octanol–water partition coefficient (Wildman–Crippen LogP) is -0.197. The number of ether oxygens (including phenoxy) is 1. The van der Waals surface area contributed by atoms with Crippen LogP contribution in [0.4, 0.5) is 0 Å². The Morgan fingerprint density at radius 3 is 2.37 bits per heavy atom. The molecule has 7 unspecified atom stereocenters. The van der Waals surface area contributed by atoms with Crippen LogP contribution >= 0.6 is 28.4 Å². The minimum absolute atomic E-state index is 0.0474. The number of hydrogen-bond acceptors (Lipinski definition) is 10. The summed E-state index contributed by atoms with van der Waals surface area (Å²) in [7, 11) is 4.25. The van der Waals surface area contributed by atoms with Crippen molar-refractivity contribution in [1.82, 2.24) is 14.1 Å². The van der Waals surface area contributed by atoms with Crippen LogP contribution in [0.25, 0.3) is 5.57 Å². The second kappa shape index (κ2) is 17.8. The highest BCUT2D eigenvalue weighted by Crippen LogP contribution is 2.30. The van der Waals surface area contributed by atoms with Crippen LogP contribution in [0.15, 0.2) is 52.3 Å². The molecule has 15 heteroatoms. The van der Waals surface area contributed by atoms with Gasteiger partial charge in [-0.25, -0.2) is 4.79 Å². The fourth-order valence-electron chi connectivity index (χ4n) is 4.14. The second-order valence-electron chi connectivity index (χ2n) is 8.12. The summed E-state index contributed by atoms with van der Waals surface area (Å²) in [4.78, 5) is 50.7. The molecule has 2 aromatic heterocycles. The molecule has 0 spiro atoms. The zero-order valence-electron chi connectivity index (χ0n) is 20.9. The third kappa shape index (κ3) is 8.41. The van der Waals surface area contributed by atoms with Gasteiger partial charge in [-0.05, 0) is 77.4 Å². The first kappa shape index (κ1) is 34.3. The van der Waals surface area contributed by atoms with Crippen LogP contribution in [0.5, 0.6) is 0 Å². The molecular weight excluding hydrogens is 555 g/mol. The fourth-order valence-corrected chi connectivity index (χ4v) is 4.14. The number of allylic oxidation sites excluding steroid dienone is 4. The highest BCUT2D eigenvalue weighted by atomic mass is 31.0. The molecule has 2 aliphatic rings. The highest BCUT2D eigenvalue weighted by Gasteiger charge is 2.43. The van der Waals surface area contributed by atoms with Crippen LogP contribution in [0, 0.1) is 6.92 Å². The van der Waals surface area contributed by atoms with Crippen molar-refractivity contribution in [2.75, 3.05) is 6.61 Å². The van der Waals surface area contributed by atoms with E-state index in [-0.39, 0.29) is 19.6 Å². The zero-order valence-corrected chi connectivity index (χ0v) is 24.3. The third-order valence-electron chi connectivity index (χ3n) is 5.91. The molecule has 212 valence electrons. The minimum Gasteiger partial charge on any atom is -0.396 e. The molecule has 0 bridgehead atoms. The summed E-state index contributed by atoms with van der Waals surface area (Å²) < 4.78 is 7.72. The maximum absolute atomic E-state index is 13.1. The van der Waals surface area contributed by atoms with Crippen molar-refractivity contribution in [1.29, 1.82) is 0 Å².